The highest BCUT2D eigenvalue weighted by molar-refractivity contribution is 7.61. The van der Waals surface area contributed by atoms with Crippen LogP contribution in [0.25, 0.3) is 0 Å². The van der Waals surface area contributed by atoms with Gasteiger partial charge >= 0.3 is 21.3 Å². The van der Waals surface area contributed by atoms with E-state index in [1.807, 2.05) is 4.98 Å². The number of phosphoric acid groups is 2. The third-order valence-corrected chi connectivity index (χ3v) is 7.36. The maximum Gasteiger partial charge on any atom is 0.483 e. The summed E-state index contributed by atoms with van der Waals surface area (Å²) in [6.07, 6.45) is -13.0. The molecule has 194 valence electrons. The second-order valence-corrected chi connectivity index (χ2v) is 10.2. The molecule has 0 spiro atoms. The first kappa shape index (κ1) is 27.3. The number of aromatic amines is 1. The number of aromatic nitrogens is 2. The van der Waals surface area contributed by atoms with Gasteiger partial charge in [0, 0.05) is 12.3 Å². The molecule has 3 unspecified atom stereocenters. The number of rotatable bonds is 8. The van der Waals surface area contributed by atoms with Gasteiger partial charge in [0.2, 0.25) is 0 Å². The van der Waals surface area contributed by atoms with E-state index in [9.17, 15) is 54.0 Å². The van der Waals surface area contributed by atoms with Crippen molar-refractivity contribution in [2.24, 2.45) is 0 Å². The number of nitrogens with zero attached hydrogens (tertiary/aromatic N) is 1. The van der Waals surface area contributed by atoms with E-state index in [0.717, 1.165) is 16.8 Å². The second kappa shape index (κ2) is 10.3. The Labute approximate surface area is 188 Å². The smallest absolute Gasteiger partial charge is 0.388 e. The molecule has 0 saturated carbocycles. The molecule has 3 heterocycles. The van der Waals surface area contributed by atoms with Crippen LogP contribution in [0.1, 0.15) is 6.23 Å². The summed E-state index contributed by atoms with van der Waals surface area (Å²) in [4.78, 5) is 44.3. The van der Waals surface area contributed by atoms with Gasteiger partial charge in [-0.2, -0.15) is 4.31 Å². The van der Waals surface area contributed by atoms with Crippen molar-refractivity contribution in [3.05, 3.63) is 33.1 Å². The molecule has 3 rings (SSSR count). The first-order chi connectivity index (χ1) is 15.7. The van der Waals surface area contributed by atoms with Crippen LogP contribution in [-0.2, 0) is 32.0 Å². The molecule has 0 radical (unpaired) electrons. The Bertz CT molecular complexity index is 1080. The van der Waals surface area contributed by atoms with Crippen LogP contribution in [0.4, 0.5) is 0 Å². The molecule has 1 aromatic heterocycles. The summed E-state index contributed by atoms with van der Waals surface area (Å²) in [5.41, 5.74) is -1.72. The fourth-order valence-corrected chi connectivity index (χ4v) is 5.24. The number of hydrogen-bond donors (Lipinski definition) is 8. The lowest BCUT2D eigenvalue weighted by atomic mass is 10.1. The number of hydrogen-bond acceptors (Lipinski definition) is 14. The summed E-state index contributed by atoms with van der Waals surface area (Å²) in [6.45, 7) is -1.59. The van der Waals surface area contributed by atoms with E-state index in [1.54, 1.807) is 0 Å². The molecule has 2 aliphatic rings. The highest BCUT2D eigenvalue weighted by Crippen LogP contribution is 2.61. The number of phosphoric ester groups is 2. The number of aliphatic hydroxyl groups is 5. The molecule has 34 heavy (non-hydrogen) atoms. The van der Waals surface area contributed by atoms with Crippen molar-refractivity contribution in [3.8, 4) is 0 Å². The predicted octanol–water partition coefficient (Wildman–Crippen LogP) is -4.15. The zero-order valence-electron chi connectivity index (χ0n) is 16.8. The molecule has 0 amide bonds. The van der Waals surface area contributed by atoms with Crippen LogP contribution in [0, 0.1) is 0 Å². The van der Waals surface area contributed by atoms with Crippen molar-refractivity contribution in [1.29, 1.82) is 0 Å². The Balaban J connectivity index is 1.59. The van der Waals surface area contributed by atoms with Crippen LogP contribution >= 0.6 is 15.6 Å². The zero-order chi connectivity index (χ0) is 25.4. The van der Waals surface area contributed by atoms with Crippen LogP contribution in [0.5, 0.6) is 0 Å². The van der Waals surface area contributed by atoms with Gasteiger partial charge in [-0.05, 0) is 0 Å². The van der Waals surface area contributed by atoms with E-state index in [0.29, 0.717) is 0 Å². The van der Waals surface area contributed by atoms with Gasteiger partial charge in [-0.15, -0.1) is 0 Å². The SMILES string of the molecule is O=c1ccn([C@@H]2O[C@H](COP(=O)(O)OP(=O)(O)OC3OC[C@H](O)[C@H](O)[C@H]3O)[C@@H](O)[C@H]2O)c(=O)[nH]1. The minimum Gasteiger partial charge on any atom is -0.388 e. The summed E-state index contributed by atoms with van der Waals surface area (Å²) in [6, 6.07) is 0.939. The minimum atomic E-state index is -5.47. The Morgan fingerprint density at radius 2 is 1.71 bits per heavy atom. The van der Waals surface area contributed by atoms with Crippen molar-refractivity contribution in [3.63, 3.8) is 0 Å². The minimum absolute atomic E-state index is 0.602. The average molecular weight is 536 g/mol. The maximum absolute atomic E-state index is 12.1. The topological polar surface area (TPSA) is 277 Å². The summed E-state index contributed by atoms with van der Waals surface area (Å²) in [5.74, 6) is 0. The first-order valence-corrected chi connectivity index (χ1v) is 12.4. The number of H-pyrrole nitrogens is 1. The van der Waals surface area contributed by atoms with Crippen molar-refractivity contribution in [1.82, 2.24) is 9.55 Å². The Hall–Kier alpha value is -1.34. The third kappa shape index (κ3) is 6.26. The fraction of sp³-hybridized carbons (Fsp3) is 0.714. The van der Waals surface area contributed by atoms with Gasteiger partial charge in [-0.3, -0.25) is 23.4 Å². The van der Waals surface area contributed by atoms with Crippen LogP contribution in [0.3, 0.4) is 0 Å². The molecule has 18 nitrogen and oxygen atoms in total. The van der Waals surface area contributed by atoms with Gasteiger partial charge in [0.15, 0.2) is 12.5 Å². The summed E-state index contributed by atoms with van der Waals surface area (Å²) >= 11 is 0. The molecule has 2 saturated heterocycles. The normalized spacial score (nSPS) is 37.7. The summed E-state index contributed by atoms with van der Waals surface area (Å²) < 4.78 is 47.7. The van der Waals surface area contributed by atoms with Crippen LogP contribution in [0.15, 0.2) is 21.9 Å². The monoisotopic (exact) mass is 536 g/mol. The lowest BCUT2D eigenvalue weighted by molar-refractivity contribution is -0.245. The number of nitrogens with one attached hydrogen (secondary N) is 1. The van der Waals surface area contributed by atoms with Gasteiger partial charge in [0.25, 0.3) is 5.56 Å². The Morgan fingerprint density at radius 3 is 2.35 bits per heavy atom. The van der Waals surface area contributed by atoms with Crippen molar-refractivity contribution in [2.45, 2.75) is 49.1 Å². The molecule has 1 aromatic rings. The van der Waals surface area contributed by atoms with E-state index in [-0.39, 0.29) is 0 Å². The average Bonchev–Trinajstić information content (AvgIpc) is 3.00. The predicted molar refractivity (Wildman–Crippen MR) is 103 cm³/mol. The summed E-state index contributed by atoms with van der Waals surface area (Å²) in [5, 5.41) is 48.8. The highest BCUT2D eigenvalue weighted by atomic mass is 31.3. The van der Waals surface area contributed by atoms with Gasteiger partial charge in [-0.25, -0.2) is 13.9 Å². The van der Waals surface area contributed by atoms with E-state index < -0.39 is 89.2 Å². The molecule has 2 fully saturated rings. The van der Waals surface area contributed by atoms with E-state index >= 15 is 0 Å². The summed E-state index contributed by atoms with van der Waals surface area (Å²) in [7, 11) is -10.9. The molecule has 0 aliphatic carbocycles. The van der Waals surface area contributed by atoms with Crippen LogP contribution < -0.4 is 11.2 Å². The molecule has 20 heteroatoms. The van der Waals surface area contributed by atoms with Crippen LogP contribution in [-0.4, -0.2) is 101 Å². The van der Waals surface area contributed by atoms with Gasteiger partial charge in [0.1, 0.15) is 36.6 Å². The molecule has 10 atom stereocenters. The van der Waals surface area contributed by atoms with Crippen molar-refractivity contribution in [2.75, 3.05) is 13.2 Å². The van der Waals surface area contributed by atoms with Gasteiger partial charge in [0.05, 0.1) is 13.2 Å². The standard InChI is InChI=1S/C14H22N2O16P2/c17-5-3-28-13(11(22)8(5)19)31-34(26,27)32-33(24,25)29-4-6-9(20)10(21)12(30-6)16-2-1-7(18)15-14(16)23/h1-2,5-6,8-13,17,19-22H,3-4H2,(H,24,25)(H,26,27)(H,15,18,23)/t5-,6+,8-,9+,10+,11+,12+,13?/m0/s1. The Kier molecular flexibility index (Phi) is 8.28. The third-order valence-electron chi connectivity index (χ3n) is 4.76. The molecule has 8 N–H and O–H groups in total. The molecular formula is C14H22N2O16P2. The van der Waals surface area contributed by atoms with Gasteiger partial charge in [-0.1, -0.05) is 0 Å². The maximum atomic E-state index is 12.1. The molecular weight excluding hydrogens is 514 g/mol. The molecule has 0 bridgehead atoms. The van der Waals surface area contributed by atoms with Crippen molar-refractivity contribution < 1.29 is 67.3 Å². The van der Waals surface area contributed by atoms with E-state index in [1.165, 1.54) is 0 Å². The first-order valence-electron chi connectivity index (χ1n) is 9.39. The highest BCUT2D eigenvalue weighted by Gasteiger charge is 2.47. The lowest BCUT2D eigenvalue weighted by Gasteiger charge is -2.35. The number of aliphatic hydroxyl groups excluding tert-OH is 5. The van der Waals surface area contributed by atoms with E-state index in [4.69, 9.17) is 9.47 Å². The quantitative estimate of drug-likeness (QED) is 0.146. The van der Waals surface area contributed by atoms with Crippen LogP contribution in [0.2, 0.25) is 0 Å². The second-order valence-electron chi connectivity index (χ2n) is 7.23. The fourth-order valence-electron chi connectivity index (χ4n) is 3.07. The largest absolute Gasteiger partial charge is 0.483 e. The molecule has 0 aromatic carbocycles. The zero-order valence-corrected chi connectivity index (χ0v) is 18.6. The van der Waals surface area contributed by atoms with Gasteiger partial charge < -0.3 is 44.8 Å². The number of ether oxygens (including phenoxy) is 2. The van der Waals surface area contributed by atoms with Crippen molar-refractivity contribution >= 4 is 15.6 Å². The lowest BCUT2D eigenvalue weighted by Crippen LogP contribution is -2.53. The Morgan fingerprint density at radius 1 is 1.03 bits per heavy atom. The van der Waals surface area contributed by atoms with E-state index in [2.05, 4.69) is 13.4 Å². The molecule has 2 aliphatic heterocycles.